The van der Waals surface area contributed by atoms with E-state index in [-0.39, 0.29) is 17.2 Å². The van der Waals surface area contributed by atoms with Crippen LogP contribution in [0.1, 0.15) is 5.89 Å². The molecule has 1 N–H and O–H groups in total. The quantitative estimate of drug-likeness (QED) is 0.663. The number of allylic oxidation sites excluding steroid dienone is 3. The molecular formula is C14H11NO3. The molecule has 0 radical (unpaired) electrons. The van der Waals surface area contributed by atoms with E-state index < -0.39 is 5.56 Å². The number of aliphatic hydroxyl groups excluding tert-OH is 1. The molecule has 90 valence electrons. The van der Waals surface area contributed by atoms with Crippen LogP contribution in [0.2, 0.25) is 0 Å². The van der Waals surface area contributed by atoms with Crippen LogP contribution in [-0.2, 0) is 0 Å². The van der Waals surface area contributed by atoms with Gasteiger partial charge in [-0.25, -0.2) is 0 Å². The standard InChI is InChI=1S/C14H11NO3/c1-3-6-10(9(2)16)14-15-13(17)11-7-4-5-8-12(11)18-14/h3-8,16H,1-2H2/b10-6+. The molecule has 0 aliphatic carbocycles. The van der Waals surface area contributed by atoms with Gasteiger partial charge in [-0.3, -0.25) is 4.79 Å². The van der Waals surface area contributed by atoms with E-state index in [4.69, 9.17) is 4.42 Å². The minimum Gasteiger partial charge on any atom is -0.508 e. The first-order chi connectivity index (χ1) is 8.63. The SMILES string of the molecule is C=C/C=C(\C(=C)O)c1nc(=O)c2ccccc2o1. The zero-order valence-electron chi connectivity index (χ0n) is 9.59. The maximum absolute atomic E-state index is 11.8. The lowest BCUT2D eigenvalue weighted by atomic mass is 10.2. The van der Waals surface area contributed by atoms with E-state index in [0.29, 0.717) is 11.0 Å². The second-order valence-corrected chi connectivity index (χ2v) is 3.58. The molecule has 0 aliphatic heterocycles. The Morgan fingerprint density at radius 2 is 2.11 bits per heavy atom. The molecule has 4 nitrogen and oxygen atoms in total. The number of para-hydroxylation sites is 1. The fourth-order valence-electron chi connectivity index (χ4n) is 1.54. The molecule has 0 atom stereocenters. The normalized spacial score (nSPS) is 11.4. The highest BCUT2D eigenvalue weighted by Crippen LogP contribution is 2.20. The Kier molecular flexibility index (Phi) is 3.10. The molecule has 2 rings (SSSR count). The summed E-state index contributed by atoms with van der Waals surface area (Å²) in [5.41, 5.74) is 0.222. The van der Waals surface area contributed by atoms with Crippen molar-refractivity contribution in [2.24, 2.45) is 0 Å². The molecule has 1 aromatic heterocycles. The van der Waals surface area contributed by atoms with Gasteiger partial charge in [-0.05, 0) is 18.2 Å². The van der Waals surface area contributed by atoms with Gasteiger partial charge in [-0.2, -0.15) is 4.98 Å². The Hall–Kier alpha value is -2.62. The van der Waals surface area contributed by atoms with Crippen molar-refractivity contribution in [1.82, 2.24) is 4.98 Å². The lowest BCUT2D eigenvalue weighted by molar-refractivity contribution is 0.434. The summed E-state index contributed by atoms with van der Waals surface area (Å²) in [6.45, 7) is 6.91. The number of hydrogen-bond donors (Lipinski definition) is 1. The van der Waals surface area contributed by atoms with Crippen LogP contribution in [0, 0.1) is 0 Å². The van der Waals surface area contributed by atoms with E-state index in [9.17, 15) is 9.90 Å². The number of rotatable bonds is 3. The van der Waals surface area contributed by atoms with Crippen molar-refractivity contribution in [3.05, 3.63) is 71.6 Å². The van der Waals surface area contributed by atoms with Crippen molar-refractivity contribution in [2.75, 3.05) is 0 Å². The second kappa shape index (κ2) is 4.71. The molecule has 2 aromatic rings. The van der Waals surface area contributed by atoms with Crippen LogP contribution in [-0.4, -0.2) is 10.1 Å². The lowest BCUT2D eigenvalue weighted by Gasteiger charge is -2.04. The minimum atomic E-state index is -0.414. The maximum Gasteiger partial charge on any atom is 0.284 e. The van der Waals surface area contributed by atoms with E-state index >= 15 is 0 Å². The number of benzene rings is 1. The Morgan fingerprint density at radius 1 is 1.39 bits per heavy atom. The first-order valence-corrected chi connectivity index (χ1v) is 5.24. The van der Waals surface area contributed by atoms with Crippen molar-refractivity contribution in [2.45, 2.75) is 0 Å². The van der Waals surface area contributed by atoms with Gasteiger partial charge in [0, 0.05) is 0 Å². The summed E-state index contributed by atoms with van der Waals surface area (Å²) in [6, 6.07) is 6.77. The zero-order valence-corrected chi connectivity index (χ0v) is 9.59. The molecule has 1 aromatic carbocycles. The van der Waals surface area contributed by atoms with Crippen molar-refractivity contribution >= 4 is 16.5 Å². The summed E-state index contributed by atoms with van der Waals surface area (Å²) in [6.07, 6.45) is 2.93. The first-order valence-electron chi connectivity index (χ1n) is 5.24. The van der Waals surface area contributed by atoms with E-state index in [2.05, 4.69) is 18.1 Å². The van der Waals surface area contributed by atoms with Crippen LogP contribution >= 0.6 is 0 Å². The maximum atomic E-state index is 11.8. The Morgan fingerprint density at radius 3 is 2.78 bits per heavy atom. The van der Waals surface area contributed by atoms with Crippen LogP contribution in [0.4, 0.5) is 0 Å². The summed E-state index contributed by atoms with van der Waals surface area (Å²) in [5, 5.41) is 9.84. The van der Waals surface area contributed by atoms with Crippen molar-refractivity contribution < 1.29 is 9.52 Å². The zero-order chi connectivity index (χ0) is 13.1. The molecule has 0 bridgehead atoms. The number of nitrogens with zero attached hydrogens (tertiary/aromatic N) is 1. The molecule has 1 heterocycles. The van der Waals surface area contributed by atoms with Crippen LogP contribution in [0.15, 0.2) is 64.5 Å². The predicted octanol–water partition coefficient (Wildman–Crippen LogP) is 2.83. The monoisotopic (exact) mass is 241 g/mol. The largest absolute Gasteiger partial charge is 0.508 e. The summed E-state index contributed by atoms with van der Waals surface area (Å²) in [7, 11) is 0. The van der Waals surface area contributed by atoms with Gasteiger partial charge in [-0.15, -0.1) is 0 Å². The summed E-state index contributed by atoms with van der Waals surface area (Å²) < 4.78 is 5.47. The molecule has 0 saturated heterocycles. The molecule has 0 spiro atoms. The van der Waals surface area contributed by atoms with Crippen LogP contribution in [0.25, 0.3) is 16.5 Å². The fraction of sp³-hybridized carbons (Fsp3) is 0. The first kappa shape index (κ1) is 11.9. The molecule has 0 saturated carbocycles. The Bertz CT molecular complexity index is 710. The second-order valence-electron chi connectivity index (χ2n) is 3.58. The smallest absolute Gasteiger partial charge is 0.284 e. The topological polar surface area (TPSA) is 63.3 Å². The van der Waals surface area contributed by atoms with Gasteiger partial charge in [0.1, 0.15) is 11.3 Å². The van der Waals surface area contributed by atoms with Gasteiger partial charge in [-0.1, -0.05) is 31.4 Å². The van der Waals surface area contributed by atoms with Crippen molar-refractivity contribution in [3.63, 3.8) is 0 Å². The third-order valence-electron chi connectivity index (χ3n) is 2.35. The Labute approximate surface area is 103 Å². The van der Waals surface area contributed by atoms with Gasteiger partial charge in [0.25, 0.3) is 5.56 Å². The molecule has 0 fully saturated rings. The molecular weight excluding hydrogens is 230 g/mol. The van der Waals surface area contributed by atoms with E-state index in [1.807, 2.05) is 0 Å². The molecule has 4 heteroatoms. The number of aromatic nitrogens is 1. The summed E-state index contributed by atoms with van der Waals surface area (Å²) >= 11 is 0. The highest BCUT2D eigenvalue weighted by atomic mass is 16.3. The molecule has 0 aliphatic rings. The summed E-state index contributed by atoms with van der Waals surface area (Å²) in [4.78, 5) is 15.6. The number of fused-ring (bicyclic) bond motifs is 1. The van der Waals surface area contributed by atoms with E-state index in [1.165, 1.54) is 12.2 Å². The van der Waals surface area contributed by atoms with Gasteiger partial charge in [0.05, 0.1) is 11.0 Å². The fourth-order valence-corrected chi connectivity index (χ4v) is 1.54. The highest BCUT2D eigenvalue weighted by molar-refractivity contribution is 5.78. The predicted molar refractivity (Wildman–Crippen MR) is 70.2 cm³/mol. The van der Waals surface area contributed by atoms with E-state index in [0.717, 1.165) is 0 Å². The average Bonchev–Trinajstić information content (AvgIpc) is 2.35. The third kappa shape index (κ3) is 2.08. The molecule has 0 unspecified atom stereocenters. The Balaban J connectivity index is 2.73. The van der Waals surface area contributed by atoms with Gasteiger partial charge in [0.15, 0.2) is 0 Å². The number of aliphatic hydroxyl groups is 1. The van der Waals surface area contributed by atoms with Gasteiger partial charge in [0.2, 0.25) is 5.89 Å². The van der Waals surface area contributed by atoms with Crippen LogP contribution < -0.4 is 5.56 Å². The van der Waals surface area contributed by atoms with Crippen molar-refractivity contribution in [3.8, 4) is 0 Å². The third-order valence-corrected chi connectivity index (χ3v) is 2.35. The van der Waals surface area contributed by atoms with Crippen molar-refractivity contribution in [1.29, 1.82) is 0 Å². The minimum absolute atomic E-state index is 0.0195. The highest BCUT2D eigenvalue weighted by Gasteiger charge is 2.12. The van der Waals surface area contributed by atoms with Gasteiger partial charge >= 0.3 is 0 Å². The van der Waals surface area contributed by atoms with E-state index in [1.54, 1.807) is 24.3 Å². The van der Waals surface area contributed by atoms with Crippen LogP contribution in [0.5, 0.6) is 0 Å². The lowest BCUT2D eigenvalue weighted by Crippen LogP contribution is -2.09. The molecule has 18 heavy (non-hydrogen) atoms. The number of hydrogen-bond acceptors (Lipinski definition) is 4. The summed E-state index contributed by atoms with van der Waals surface area (Å²) in [5.74, 6) is -0.216. The van der Waals surface area contributed by atoms with Crippen LogP contribution in [0.3, 0.4) is 0 Å². The average molecular weight is 241 g/mol. The molecule has 0 amide bonds. The van der Waals surface area contributed by atoms with Gasteiger partial charge < -0.3 is 9.52 Å².